The van der Waals surface area contributed by atoms with Gasteiger partial charge in [-0.25, -0.2) is 4.79 Å². The number of cyclic esters (lactones) is 1. The minimum atomic E-state index is -4.56. The molecular formula is C26H33F3O8. The van der Waals surface area contributed by atoms with Gasteiger partial charge in [-0.05, 0) is 38.8 Å². The summed E-state index contributed by atoms with van der Waals surface area (Å²) in [6.07, 6.45) is -0.502. The van der Waals surface area contributed by atoms with E-state index >= 15 is 0 Å². The minimum Gasteiger partial charge on any atom is -0.484 e. The number of hydrogen-bond acceptors (Lipinski definition) is 8. The van der Waals surface area contributed by atoms with Crippen molar-refractivity contribution in [1.29, 1.82) is 0 Å². The predicted octanol–water partition coefficient (Wildman–Crippen LogP) is 4.65. The normalized spacial score (nSPS) is 28.1. The van der Waals surface area contributed by atoms with E-state index in [1.165, 1.54) is 19.2 Å². The lowest BCUT2D eigenvalue weighted by Gasteiger charge is -2.23. The van der Waals surface area contributed by atoms with Crippen molar-refractivity contribution in [3.63, 3.8) is 0 Å². The van der Waals surface area contributed by atoms with E-state index in [4.69, 9.17) is 28.4 Å². The number of esters is 1. The van der Waals surface area contributed by atoms with Crippen LogP contribution in [0.4, 0.5) is 13.2 Å². The molecule has 5 atom stereocenters. The Morgan fingerprint density at radius 3 is 2.54 bits per heavy atom. The number of ether oxygens (including phenoxy) is 6. The van der Waals surface area contributed by atoms with Crippen LogP contribution in [0.3, 0.4) is 0 Å². The Bertz CT molecular complexity index is 1000. The average Bonchev–Trinajstić information content (AvgIpc) is 3.12. The van der Waals surface area contributed by atoms with Crippen LogP contribution in [0.2, 0.25) is 0 Å². The molecule has 1 aromatic rings. The van der Waals surface area contributed by atoms with Crippen molar-refractivity contribution in [3.8, 4) is 11.5 Å². The summed E-state index contributed by atoms with van der Waals surface area (Å²) in [7, 11) is 1.37. The number of fused-ring (bicyclic) bond motifs is 2. The van der Waals surface area contributed by atoms with Gasteiger partial charge in [0.05, 0.1) is 6.10 Å². The van der Waals surface area contributed by atoms with Gasteiger partial charge >= 0.3 is 12.1 Å². The summed E-state index contributed by atoms with van der Waals surface area (Å²) < 4.78 is 71.3. The molecule has 0 bridgehead atoms. The molecule has 0 amide bonds. The average molecular weight is 531 g/mol. The molecule has 0 spiro atoms. The Labute approximate surface area is 213 Å². The third-order valence-electron chi connectivity index (χ3n) is 5.91. The van der Waals surface area contributed by atoms with Crippen LogP contribution in [-0.2, 0) is 18.9 Å². The molecule has 1 N–H and O–H groups in total. The summed E-state index contributed by atoms with van der Waals surface area (Å²) in [5.41, 5.74) is 0.228. The highest BCUT2D eigenvalue weighted by molar-refractivity contribution is 5.97. The Morgan fingerprint density at radius 2 is 1.86 bits per heavy atom. The molecule has 1 aromatic carbocycles. The number of hydrogen-bond donors (Lipinski definition) is 1. The van der Waals surface area contributed by atoms with Crippen LogP contribution >= 0.6 is 0 Å². The van der Waals surface area contributed by atoms with Gasteiger partial charge in [0.2, 0.25) is 0 Å². The van der Waals surface area contributed by atoms with Crippen molar-refractivity contribution in [3.05, 3.63) is 41.5 Å². The molecule has 0 aliphatic carbocycles. The first kappa shape index (κ1) is 29.0. The van der Waals surface area contributed by atoms with E-state index in [0.717, 1.165) is 0 Å². The van der Waals surface area contributed by atoms with Gasteiger partial charge in [0.1, 0.15) is 35.4 Å². The number of rotatable bonds is 5. The Kier molecular flexibility index (Phi) is 9.27. The minimum absolute atomic E-state index is 0.00764. The third-order valence-corrected chi connectivity index (χ3v) is 5.91. The zero-order valence-electron chi connectivity index (χ0n) is 21.4. The summed E-state index contributed by atoms with van der Waals surface area (Å²) in [5, 5.41) is 10.8. The largest absolute Gasteiger partial charge is 0.484 e. The molecule has 206 valence electrons. The zero-order chi connectivity index (χ0) is 27.4. The number of benzene rings is 1. The molecular weight excluding hydrogens is 497 g/mol. The Balaban J connectivity index is 2.07. The molecule has 3 rings (SSSR count). The molecule has 0 radical (unpaired) electrons. The fraction of sp³-hybridized carbons (Fsp3) is 0.577. The van der Waals surface area contributed by atoms with E-state index in [9.17, 15) is 23.1 Å². The van der Waals surface area contributed by atoms with Gasteiger partial charge in [-0.1, -0.05) is 31.2 Å². The standard InChI is InChI=1S/C26H33F3O8/c1-15-9-10-19(30)23-20(36-25(3,4)37-23)8-6-7-17-11-18(33-13-26(27,28)29)12-21(34-14-32-5)22(17)24(31)35-16(15)2/h6-7,9-12,15-16,19-20,23,30H,8,13-14H2,1-5H3/t15-,16+,19+,20+,23-/m1/s1. The molecule has 0 saturated carbocycles. The smallest absolute Gasteiger partial charge is 0.422 e. The van der Waals surface area contributed by atoms with Gasteiger partial charge < -0.3 is 33.5 Å². The van der Waals surface area contributed by atoms with Gasteiger partial charge in [0.25, 0.3) is 0 Å². The van der Waals surface area contributed by atoms with Crippen LogP contribution < -0.4 is 9.47 Å². The van der Waals surface area contributed by atoms with Crippen LogP contribution in [0.15, 0.2) is 30.4 Å². The molecule has 2 aliphatic heterocycles. The van der Waals surface area contributed by atoms with Gasteiger partial charge in [0, 0.05) is 19.1 Å². The van der Waals surface area contributed by atoms with E-state index < -0.39 is 49.0 Å². The number of aliphatic hydroxyl groups excluding tert-OH is 1. The van der Waals surface area contributed by atoms with Crippen LogP contribution in [0.5, 0.6) is 11.5 Å². The molecule has 0 aromatic heterocycles. The lowest BCUT2D eigenvalue weighted by atomic mass is 9.99. The Morgan fingerprint density at radius 1 is 1.14 bits per heavy atom. The highest BCUT2D eigenvalue weighted by atomic mass is 19.4. The number of aliphatic hydroxyl groups is 1. The molecule has 2 heterocycles. The number of carbonyl (C=O) groups excluding carboxylic acids is 1. The van der Waals surface area contributed by atoms with Crippen molar-refractivity contribution in [2.24, 2.45) is 5.92 Å². The van der Waals surface area contributed by atoms with Crippen LogP contribution in [0.25, 0.3) is 6.08 Å². The fourth-order valence-corrected chi connectivity index (χ4v) is 4.00. The predicted molar refractivity (Wildman–Crippen MR) is 127 cm³/mol. The first-order chi connectivity index (χ1) is 17.3. The highest BCUT2D eigenvalue weighted by Gasteiger charge is 2.43. The summed E-state index contributed by atoms with van der Waals surface area (Å²) in [4.78, 5) is 13.3. The SMILES string of the molecule is COCOc1cc(OCC(F)(F)F)cc2c1C(=O)O[C@@H](C)[C@H](C)C=C[C@H](O)[C@H]1OC(C)(C)O[C@H]1CC=C2. The molecule has 0 unspecified atom stereocenters. The van der Waals surface area contributed by atoms with Crippen molar-refractivity contribution < 1.29 is 51.5 Å². The summed E-state index contributed by atoms with van der Waals surface area (Å²) >= 11 is 0. The summed E-state index contributed by atoms with van der Waals surface area (Å²) in [5.74, 6) is -2.16. The van der Waals surface area contributed by atoms with Gasteiger partial charge in [-0.3, -0.25) is 0 Å². The Hall–Kier alpha value is -2.60. The number of carbonyl (C=O) groups is 1. The lowest BCUT2D eigenvalue weighted by molar-refractivity contribution is -0.153. The number of alkyl halides is 3. The monoisotopic (exact) mass is 530 g/mol. The van der Waals surface area contributed by atoms with E-state index in [-0.39, 0.29) is 41.8 Å². The fourth-order valence-electron chi connectivity index (χ4n) is 4.00. The van der Waals surface area contributed by atoms with Gasteiger partial charge in [-0.2, -0.15) is 13.2 Å². The first-order valence-electron chi connectivity index (χ1n) is 11.9. The molecule has 1 fully saturated rings. The van der Waals surface area contributed by atoms with E-state index in [1.54, 1.807) is 45.1 Å². The molecule has 11 heteroatoms. The quantitative estimate of drug-likeness (QED) is 0.334. The number of methoxy groups -OCH3 is 1. The number of halogens is 3. The zero-order valence-corrected chi connectivity index (χ0v) is 21.4. The molecule has 8 nitrogen and oxygen atoms in total. The van der Waals surface area contributed by atoms with Crippen LogP contribution in [0, 0.1) is 5.92 Å². The maximum atomic E-state index is 13.3. The molecule has 37 heavy (non-hydrogen) atoms. The van der Waals surface area contributed by atoms with Crippen molar-refractivity contribution >= 4 is 12.0 Å². The second kappa shape index (κ2) is 11.8. The molecule has 1 saturated heterocycles. The first-order valence-corrected chi connectivity index (χ1v) is 11.9. The van der Waals surface area contributed by atoms with Gasteiger partial charge in [0.15, 0.2) is 19.2 Å². The van der Waals surface area contributed by atoms with Crippen LogP contribution in [-0.4, -0.2) is 68.0 Å². The second-order valence-corrected chi connectivity index (χ2v) is 9.46. The maximum Gasteiger partial charge on any atom is 0.422 e. The summed E-state index contributed by atoms with van der Waals surface area (Å²) in [6.45, 7) is 5.21. The van der Waals surface area contributed by atoms with Gasteiger partial charge in [-0.15, -0.1) is 0 Å². The van der Waals surface area contributed by atoms with Crippen molar-refractivity contribution in [1.82, 2.24) is 0 Å². The topological polar surface area (TPSA) is 92.7 Å². The molecule has 2 aliphatic rings. The van der Waals surface area contributed by atoms with Crippen molar-refractivity contribution in [2.45, 2.75) is 70.5 Å². The maximum absolute atomic E-state index is 13.3. The summed E-state index contributed by atoms with van der Waals surface area (Å²) in [6, 6.07) is 2.50. The van der Waals surface area contributed by atoms with E-state index in [1.807, 2.05) is 6.92 Å². The van der Waals surface area contributed by atoms with E-state index in [0.29, 0.717) is 0 Å². The second-order valence-electron chi connectivity index (χ2n) is 9.46. The third kappa shape index (κ3) is 7.94. The van der Waals surface area contributed by atoms with E-state index in [2.05, 4.69) is 0 Å². The van der Waals surface area contributed by atoms with Crippen LogP contribution in [0.1, 0.15) is 50.0 Å². The highest BCUT2D eigenvalue weighted by Crippen LogP contribution is 2.35. The lowest BCUT2D eigenvalue weighted by Crippen LogP contribution is -2.34. The van der Waals surface area contributed by atoms with Crippen molar-refractivity contribution in [2.75, 3.05) is 20.5 Å².